The SMILES string of the molecule is C=C(CC)CNCc1cccnc1OC(C)C. The highest BCUT2D eigenvalue weighted by Crippen LogP contribution is 2.15. The number of hydrogen-bond donors (Lipinski definition) is 1. The van der Waals surface area contributed by atoms with Crippen LogP contribution in [0.1, 0.15) is 32.8 Å². The highest BCUT2D eigenvalue weighted by molar-refractivity contribution is 5.25. The minimum absolute atomic E-state index is 0.147. The lowest BCUT2D eigenvalue weighted by molar-refractivity contribution is 0.229. The van der Waals surface area contributed by atoms with Crippen LogP contribution in [-0.2, 0) is 6.54 Å². The van der Waals surface area contributed by atoms with E-state index in [9.17, 15) is 0 Å². The van der Waals surface area contributed by atoms with Gasteiger partial charge in [-0.05, 0) is 26.3 Å². The van der Waals surface area contributed by atoms with Crippen LogP contribution in [0.4, 0.5) is 0 Å². The van der Waals surface area contributed by atoms with Gasteiger partial charge < -0.3 is 10.1 Å². The molecule has 0 spiro atoms. The van der Waals surface area contributed by atoms with Gasteiger partial charge in [0.25, 0.3) is 0 Å². The number of hydrogen-bond acceptors (Lipinski definition) is 3. The Morgan fingerprint density at radius 2 is 2.29 bits per heavy atom. The lowest BCUT2D eigenvalue weighted by Gasteiger charge is -2.13. The monoisotopic (exact) mass is 234 g/mol. The van der Waals surface area contributed by atoms with E-state index in [1.807, 2.05) is 26.0 Å². The summed E-state index contributed by atoms with van der Waals surface area (Å²) in [5.41, 5.74) is 2.30. The van der Waals surface area contributed by atoms with Gasteiger partial charge in [-0.2, -0.15) is 0 Å². The van der Waals surface area contributed by atoms with E-state index in [0.717, 1.165) is 31.0 Å². The zero-order valence-corrected chi connectivity index (χ0v) is 11.0. The number of pyridine rings is 1. The van der Waals surface area contributed by atoms with Crippen molar-refractivity contribution in [1.82, 2.24) is 10.3 Å². The molecule has 3 nitrogen and oxygen atoms in total. The van der Waals surface area contributed by atoms with Crippen molar-refractivity contribution in [3.63, 3.8) is 0 Å². The Morgan fingerprint density at radius 3 is 2.94 bits per heavy atom. The van der Waals surface area contributed by atoms with Crippen molar-refractivity contribution in [2.24, 2.45) is 0 Å². The van der Waals surface area contributed by atoms with Crippen molar-refractivity contribution in [3.8, 4) is 5.88 Å². The number of nitrogens with one attached hydrogen (secondary N) is 1. The molecule has 0 unspecified atom stereocenters. The fraction of sp³-hybridized carbons (Fsp3) is 0.500. The smallest absolute Gasteiger partial charge is 0.218 e. The molecule has 0 bridgehead atoms. The van der Waals surface area contributed by atoms with Crippen LogP contribution in [0.15, 0.2) is 30.5 Å². The largest absolute Gasteiger partial charge is 0.475 e. The first-order valence-electron chi connectivity index (χ1n) is 6.11. The minimum atomic E-state index is 0.147. The lowest BCUT2D eigenvalue weighted by Crippen LogP contribution is -2.18. The maximum Gasteiger partial charge on any atom is 0.218 e. The van der Waals surface area contributed by atoms with Gasteiger partial charge in [0.1, 0.15) is 0 Å². The summed E-state index contributed by atoms with van der Waals surface area (Å²) in [4.78, 5) is 4.25. The Hall–Kier alpha value is -1.35. The van der Waals surface area contributed by atoms with E-state index >= 15 is 0 Å². The summed E-state index contributed by atoms with van der Waals surface area (Å²) < 4.78 is 5.66. The molecule has 0 saturated carbocycles. The van der Waals surface area contributed by atoms with Gasteiger partial charge in [-0.15, -0.1) is 0 Å². The van der Waals surface area contributed by atoms with Gasteiger partial charge in [-0.3, -0.25) is 0 Å². The van der Waals surface area contributed by atoms with Crippen LogP contribution in [0.2, 0.25) is 0 Å². The van der Waals surface area contributed by atoms with Crippen LogP contribution in [0.5, 0.6) is 5.88 Å². The van der Waals surface area contributed by atoms with E-state index < -0.39 is 0 Å². The molecule has 94 valence electrons. The zero-order chi connectivity index (χ0) is 12.7. The van der Waals surface area contributed by atoms with Crippen LogP contribution in [0.3, 0.4) is 0 Å². The standard InChI is InChI=1S/C14H22N2O/c1-5-12(4)9-15-10-13-7-6-8-16-14(13)17-11(2)3/h6-8,11,15H,4-5,9-10H2,1-3H3. The first-order valence-corrected chi connectivity index (χ1v) is 6.11. The first-order chi connectivity index (χ1) is 8.13. The number of ether oxygens (including phenoxy) is 1. The van der Waals surface area contributed by atoms with Crippen molar-refractivity contribution < 1.29 is 4.74 Å². The van der Waals surface area contributed by atoms with Gasteiger partial charge >= 0.3 is 0 Å². The van der Waals surface area contributed by atoms with Gasteiger partial charge in [-0.1, -0.05) is 25.1 Å². The molecule has 1 N–H and O–H groups in total. The maximum atomic E-state index is 5.66. The van der Waals surface area contributed by atoms with Gasteiger partial charge in [0.15, 0.2) is 0 Å². The summed E-state index contributed by atoms with van der Waals surface area (Å²) in [5.74, 6) is 0.720. The molecule has 1 rings (SSSR count). The summed E-state index contributed by atoms with van der Waals surface area (Å²) in [6, 6.07) is 3.96. The third-order valence-electron chi connectivity index (χ3n) is 2.39. The van der Waals surface area contributed by atoms with Gasteiger partial charge in [0.05, 0.1) is 6.10 Å². The van der Waals surface area contributed by atoms with E-state index in [0.29, 0.717) is 0 Å². The third-order valence-corrected chi connectivity index (χ3v) is 2.39. The second-order valence-electron chi connectivity index (χ2n) is 4.34. The number of rotatable bonds is 7. The summed E-state index contributed by atoms with van der Waals surface area (Å²) in [5, 5.41) is 3.35. The van der Waals surface area contributed by atoms with E-state index in [1.54, 1.807) is 6.20 Å². The molecule has 0 fully saturated rings. The molecule has 0 aromatic carbocycles. The van der Waals surface area contributed by atoms with Crippen molar-refractivity contribution in [1.29, 1.82) is 0 Å². The second kappa shape index (κ2) is 7.07. The zero-order valence-electron chi connectivity index (χ0n) is 11.0. The van der Waals surface area contributed by atoms with Crippen LogP contribution >= 0.6 is 0 Å². The molecule has 17 heavy (non-hydrogen) atoms. The predicted molar refractivity (Wildman–Crippen MR) is 71.1 cm³/mol. The lowest BCUT2D eigenvalue weighted by atomic mass is 10.2. The van der Waals surface area contributed by atoms with Gasteiger partial charge in [-0.25, -0.2) is 4.98 Å². The summed E-state index contributed by atoms with van der Waals surface area (Å²) in [6.45, 7) is 11.7. The molecule has 1 aromatic rings. The maximum absolute atomic E-state index is 5.66. The molecular formula is C14H22N2O. The predicted octanol–water partition coefficient (Wildman–Crippen LogP) is 2.92. The topological polar surface area (TPSA) is 34.2 Å². The minimum Gasteiger partial charge on any atom is -0.475 e. The Labute approximate surface area is 104 Å². The molecule has 3 heteroatoms. The van der Waals surface area contributed by atoms with Gasteiger partial charge in [0.2, 0.25) is 5.88 Å². The van der Waals surface area contributed by atoms with Gasteiger partial charge in [0, 0.05) is 24.8 Å². The Kier molecular flexibility index (Phi) is 5.70. The normalized spacial score (nSPS) is 10.6. The summed E-state index contributed by atoms with van der Waals surface area (Å²) in [6.07, 6.45) is 2.91. The van der Waals surface area contributed by atoms with Crippen molar-refractivity contribution in [2.45, 2.75) is 39.8 Å². The second-order valence-corrected chi connectivity index (χ2v) is 4.34. The molecule has 0 amide bonds. The molecule has 1 heterocycles. The Morgan fingerprint density at radius 1 is 1.53 bits per heavy atom. The van der Waals surface area contributed by atoms with Crippen LogP contribution in [-0.4, -0.2) is 17.6 Å². The Bertz CT molecular complexity index is 361. The van der Waals surface area contributed by atoms with Crippen molar-refractivity contribution in [2.75, 3.05) is 6.54 Å². The van der Waals surface area contributed by atoms with Crippen molar-refractivity contribution in [3.05, 3.63) is 36.0 Å². The number of nitrogens with zero attached hydrogens (tertiary/aromatic N) is 1. The quantitative estimate of drug-likeness (QED) is 0.737. The van der Waals surface area contributed by atoms with E-state index in [2.05, 4.69) is 23.8 Å². The van der Waals surface area contributed by atoms with E-state index in [1.165, 1.54) is 5.57 Å². The molecule has 1 aromatic heterocycles. The van der Waals surface area contributed by atoms with Crippen LogP contribution < -0.4 is 10.1 Å². The molecule has 0 saturated heterocycles. The van der Waals surface area contributed by atoms with E-state index in [4.69, 9.17) is 4.74 Å². The molecular weight excluding hydrogens is 212 g/mol. The van der Waals surface area contributed by atoms with Crippen LogP contribution in [0, 0.1) is 0 Å². The molecule has 0 aliphatic carbocycles. The average Bonchev–Trinajstić information content (AvgIpc) is 2.30. The summed E-state index contributed by atoms with van der Waals surface area (Å²) in [7, 11) is 0. The van der Waals surface area contributed by atoms with Crippen molar-refractivity contribution >= 4 is 0 Å². The van der Waals surface area contributed by atoms with Crippen LogP contribution in [0.25, 0.3) is 0 Å². The molecule has 0 aliphatic heterocycles. The van der Waals surface area contributed by atoms with E-state index in [-0.39, 0.29) is 6.10 Å². The highest BCUT2D eigenvalue weighted by Gasteiger charge is 2.05. The third kappa shape index (κ3) is 5.00. The highest BCUT2D eigenvalue weighted by atomic mass is 16.5. The molecule has 0 atom stereocenters. The first kappa shape index (κ1) is 13.7. The fourth-order valence-electron chi connectivity index (χ4n) is 1.39. The summed E-state index contributed by atoms with van der Waals surface area (Å²) >= 11 is 0. The Balaban J connectivity index is 2.54. The number of aromatic nitrogens is 1. The molecule has 0 radical (unpaired) electrons. The average molecular weight is 234 g/mol. The molecule has 0 aliphatic rings. The fourth-order valence-corrected chi connectivity index (χ4v) is 1.39.